The van der Waals surface area contributed by atoms with Crippen LogP contribution in [0.3, 0.4) is 0 Å². The Bertz CT molecular complexity index is 676. The topological polar surface area (TPSA) is 69.7 Å². The maximum atomic E-state index is 12.8. The third kappa shape index (κ3) is 5.17. The molecule has 1 heterocycles. The number of amides is 1. The van der Waals surface area contributed by atoms with Crippen LogP contribution in [0.1, 0.15) is 26.3 Å². The zero-order chi connectivity index (χ0) is 18.0. The van der Waals surface area contributed by atoms with Gasteiger partial charge in [0.15, 0.2) is 0 Å². The predicted octanol–water partition coefficient (Wildman–Crippen LogP) is 1.46. The average molecular weight is 390 g/mol. The van der Waals surface area contributed by atoms with Crippen LogP contribution in [0.15, 0.2) is 29.2 Å². The van der Waals surface area contributed by atoms with E-state index in [0.717, 1.165) is 5.56 Å². The van der Waals surface area contributed by atoms with E-state index in [4.69, 9.17) is 0 Å². The lowest BCUT2D eigenvalue weighted by Crippen LogP contribution is -2.52. The van der Waals surface area contributed by atoms with E-state index < -0.39 is 10.0 Å². The average Bonchev–Trinajstić information content (AvgIpc) is 2.54. The Balaban J connectivity index is 0.00000312. The third-order valence-corrected chi connectivity index (χ3v) is 6.19. The molecule has 1 saturated heterocycles. The number of sulfonamides is 1. The summed E-state index contributed by atoms with van der Waals surface area (Å²) >= 11 is 0. The molecule has 0 unspecified atom stereocenters. The van der Waals surface area contributed by atoms with Crippen LogP contribution in [0.25, 0.3) is 0 Å². The van der Waals surface area contributed by atoms with Gasteiger partial charge in [0, 0.05) is 26.2 Å². The lowest BCUT2D eigenvalue weighted by molar-refractivity contribution is -0.131. The van der Waals surface area contributed by atoms with Crippen molar-refractivity contribution in [2.75, 3.05) is 39.8 Å². The molecule has 1 N–H and O–H groups in total. The van der Waals surface area contributed by atoms with Gasteiger partial charge in [0.2, 0.25) is 15.9 Å². The van der Waals surface area contributed by atoms with Crippen LogP contribution < -0.4 is 5.32 Å². The van der Waals surface area contributed by atoms with Gasteiger partial charge in [-0.1, -0.05) is 32.9 Å². The minimum absolute atomic E-state index is 0. The number of hydrogen-bond donors (Lipinski definition) is 1. The van der Waals surface area contributed by atoms with Crippen LogP contribution >= 0.6 is 12.4 Å². The van der Waals surface area contributed by atoms with Gasteiger partial charge >= 0.3 is 0 Å². The van der Waals surface area contributed by atoms with E-state index >= 15 is 0 Å². The summed E-state index contributed by atoms with van der Waals surface area (Å²) in [5, 5.41) is 2.83. The highest BCUT2D eigenvalue weighted by atomic mass is 35.5. The van der Waals surface area contributed by atoms with Gasteiger partial charge in [0.1, 0.15) is 0 Å². The Morgan fingerprint density at radius 2 is 1.60 bits per heavy atom. The fourth-order valence-corrected chi connectivity index (χ4v) is 4.14. The first kappa shape index (κ1) is 21.9. The fourth-order valence-electron chi connectivity index (χ4n) is 2.72. The summed E-state index contributed by atoms with van der Waals surface area (Å²) in [6.07, 6.45) is 0. The number of nitrogens with zero attached hydrogens (tertiary/aromatic N) is 2. The lowest BCUT2D eigenvalue weighted by atomic mass is 9.87. The Labute approximate surface area is 157 Å². The monoisotopic (exact) mass is 389 g/mol. The molecular formula is C17H28ClN3O3S. The molecule has 1 aromatic carbocycles. The number of carbonyl (C=O) groups is 1. The van der Waals surface area contributed by atoms with Crippen LogP contribution in [0.4, 0.5) is 0 Å². The minimum atomic E-state index is -3.51. The van der Waals surface area contributed by atoms with Crippen molar-refractivity contribution in [1.29, 1.82) is 0 Å². The first-order chi connectivity index (χ1) is 11.2. The number of benzene rings is 1. The molecule has 8 heteroatoms. The Morgan fingerprint density at radius 1 is 1.08 bits per heavy atom. The number of hydrogen-bond acceptors (Lipinski definition) is 4. The van der Waals surface area contributed by atoms with E-state index in [9.17, 15) is 13.2 Å². The molecule has 6 nitrogen and oxygen atoms in total. The number of halogens is 1. The molecule has 0 aromatic heterocycles. The van der Waals surface area contributed by atoms with Crippen molar-refractivity contribution >= 4 is 28.3 Å². The van der Waals surface area contributed by atoms with Gasteiger partial charge in [-0.3, -0.25) is 4.79 Å². The van der Waals surface area contributed by atoms with Gasteiger partial charge in [-0.2, -0.15) is 4.31 Å². The van der Waals surface area contributed by atoms with Gasteiger partial charge < -0.3 is 10.2 Å². The summed E-state index contributed by atoms with van der Waals surface area (Å²) in [4.78, 5) is 13.9. The first-order valence-electron chi connectivity index (χ1n) is 8.19. The SMILES string of the molecule is CNCC(=O)N1CCN(S(=O)(=O)c2ccc(C(C)(C)C)cc2)CC1.Cl. The fraction of sp³-hybridized carbons (Fsp3) is 0.588. The summed E-state index contributed by atoms with van der Waals surface area (Å²) in [5.74, 6) is 0.00378. The highest BCUT2D eigenvalue weighted by Gasteiger charge is 2.30. The van der Waals surface area contributed by atoms with E-state index in [0.29, 0.717) is 31.1 Å². The molecule has 2 rings (SSSR count). The Hall–Kier alpha value is -1.15. The molecule has 1 aliphatic heterocycles. The molecule has 142 valence electrons. The van der Waals surface area contributed by atoms with Crippen LogP contribution in [0.5, 0.6) is 0 Å². The maximum Gasteiger partial charge on any atom is 0.243 e. The second-order valence-electron chi connectivity index (χ2n) is 7.09. The van der Waals surface area contributed by atoms with Crippen molar-refractivity contribution in [1.82, 2.24) is 14.5 Å². The summed E-state index contributed by atoms with van der Waals surface area (Å²) in [7, 11) is -1.78. The molecule has 0 spiro atoms. The van der Waals surface area contributed by atoms with Crippen LogP contribution in [0, 0.1) is 0 Å². The van der Waals surface area contributed by atoms with E-state index in [1.165, 1.54) is 4.31 Å². The van der Waals surface area contributed by atoms with Crippen molar-refractivity contribution in [2.24, 2.45) is 0 Å². The summed E-state index contributed by atoms with van der Waals surface area (Å²) in [6.45, 7) is 8.09. The smallest absolute Gasteiger partial charge is 0.243 e. The van der Waals surface area contributed by atoms with E-state index in [1.807, 2.05) is 12.1 Å². The normalized spacial score (nSPS) is 16.4. The van der Waals surface area contributed by atoms with E-state index in [2.05, 4.69) is 26.1 Å². The molecule has 0 aliphatic carbocycles. The molecule has 0 bridgehead atoms. The number of rotatable bonds is 4. The second kappa shape index (κ2) is 8.49. The molecule has 0 radical (unpaired) electrons. The maximum absolute atomic E-state index is 12.8. The third-order valence-electron chi connectivity index (χ3n) is 4.28. The number of carbonyl (C=O) groups excluding carboxylic acids is 1. The van der Waals surface area contributed by atoms with Crippen LogP contribution in [0.2, 0.25) is 0 Å². The molecule has 0 saturated carbocycles. The van der Waals surface area contributed by atoms with Crippen molar-refractivity contribution in [2.45, 2.75) is 31.1 Å². The minimum Gasteiger partial charge on any atom is -0.339 e. The van der Waals surface area contributed by atoms with Crippen molar-refractivity contribution < 1.29 is 13.2 Å². The van der Waals surface area contributed by atoms with Gasteiger partial charge in [0.25, 0.3) is 0 Å². The number of piperazine rings is 1. The summed E-state index contributed by atoms with van der Waals surface area (Å²) in [6, 6.07) is 7.10. The van der Waals surface area contributed by atoms with Gasteiger partial charge in [-0.25, -0.2) is 8.42 Å². The van der Waals surface area contributed by atoms with Gasteiger partial charge in [-0.15, -0.1) is 12.4 Å². The Morgan fingerprint density at radius 3 is 2.04 bits per heavy atom. The molecule has 1 aliphatic rings. The van der Waals surface area contributed by atoms with Crippen molar-refractivity contribution in [3.63, 3.8) is 0 Å². The number of likely N-dealkylation sites (N-methyl/N-ethyl adjacent to an activating group) is 1. The number of nitrogens with one attached hydrogen (secondary N) is 1. The molecular weight excluding hydrogens is 362 g/mol. The van der Waals surface area contributed by atoms with E-state index in [-0.39, 0.29) is 30.3 Å². The Kier molecular flexibility index (Phi) is 7.43. The highest BCUT2D eigenvalue weighted by Crippen LogP contribution is 2.25. The molecule has 1 amide bonds. The van der Waals surface area contributed by atoms with Gasteiger partial charge in [-0.05, 0) is 30.2 Å². The van der Waals surface area contributed by atoms with E-state index in [1.54, 1.807) is 24.1 Å². The summed E-state index contributed by atoms with van der Waals surface area (Å²) < 4.78 is 27.0. The zero-order valence-corrected chi connectivity index (χ0v) is 16.9. The quantitative estimate of drug-likeness (QED) is 0.846. The largest absolute Gasteiger partial charge is 0.339 e. The van der Waals surface area contributed by atoms with Crippen molar-refractivity contribution in [3.05, 3.63) is 29.8 Å². The van der Waals surface area contributed by atoms with Crippen molar-refractivity contribution in [3.8, 4) is 0 Å². The molecule has 25 heavy (non-hydrogen) atoms. The molecule has 1 fully saturated rings. The zero-order valence-electron chi connectivity index (χ0n) is 15.3. The summed E-state index contributed by atoms with van der Waals surface area (Å²) in [5.41, 5.74) is 1.09. The highest BCUT2D eigenvalue weighted by molar-refractivity contribution is 7.89. The second-order valence-corrected chi connectivity index (χ2v) is 9.03. The van der Waals surface area contributed by atoms with Gasteiger partial charge in [0.05, 0.1) is 11.4 Å². The van der Waals surface area contributed by atoms with Crippen LogP contribution in [-0.4, -0.2) is 63.3 Å². The van der Waals surface area contributed by atoms with Crippen LogP contribution in [-0.2, 0) is 20.2 Å². The predicted molar refractivity (Wildman–Crippen MR) is 102 cm³/mol. The molecule has 0 atom stereocenters. The molecule has 1 aromatic rings. The standard InChI is InChI=1S/C17H27N3O3S.ClH/c1-17(2,3)14-5-7-15(8-6-14)24(22,23)20-11-9-19(10-12-20)16(21)13-18-4;/h5-8,18H,9-13H2,1-4H3;1H. The first-order valence-corrected chi connectivity index (χ1v) is 9.63. The lowest BCUT2D eigenvalue weighted by Gasteiger charge is -2.34.